The van der Waals surface area contributed by atoms with E-state index in [0.717, 1.165) is 17.5 Å². The number of rotatable bonds is 3. The first-order valence-corrected chi connectivity index (χ1v) is 6.65. The van der Waals surface area contributed by atoms with E-state index in [2.05, 4.69) is 15.5 Å². The van der Waals surface area contributed by atoms with Crippen LogP contribution in [0.3, 0.4) is 0 Å². The monoisotopic (exact) mass is 264 g/mol. The molecule has 2 aromatic rings. The average molecular weight is 264 g/mol. The summed E-state index contributed by atoms with van der Waals surface area (Å²) in [6.07, 6.45) is 2.07. The Morgan fingerprint density at radius 2 is 2.28 bits per heavy atom. The molecule has 0 bridgehead atoms. The van der Waals surface area contributed by atoms with Gasteiger partial charge in [0.2, 0.25) is 0 Å². The number of carboxylic acid groups (broad SMARTS) is 1. The summed E-state index contributed by atoms with van der Waals surface area (Å²) in [5.41, 5.74) is 1.03. The fourth-order valence-electron chi connectivity index (χ4n) is 2.26. The minimum atomic E-state index is -0.951. The van der Waals surface area contributed by atoms with Gasteiger partial charge in [-0.2, -0.15) is 11.3 Å². The Hall–Kier alpha value is -1.76. The number of aliphatic carboxylic acids is 1. The summed E-state index contributed by atoms with van der Waals surface area (Å²) in [6, 6.07) is 0. The lowest BCUT2D eigenvalue weighted by atomic mass is 9.76. The maximum absolute atomic E-state index is 11.5. The Bertz CT molecular complexity index is 600. The number of tetrazole rings is 1. The largest absolute Gasteiger partial charge is 0.479 e. The second-order valence-electron chi connectivity index (χ2n) is 4.57. The highest BCUT2D eigenvalue weighted by molar-refractivity contribution is 7.08. The standard InChI is InChI=1S/C11H12N4O2S/c1-7-5-18-6-8(7)9-12-13-14-15(9)11(10(16)17)3-2-4-11/h5-6H,2-4H2,1H3,(H,16,17). The van der Waals surface area contributed by atoms with Crippen molar-refractivity contribution in [2.75, 3.05) is 0 Å². The van der Waals surface area contributed by atoms with Crippen molar-refractivity contribution in [3.8, 4) is 11.4 Å². The van der Waals surface area contributed by atoms with Crippen LogP contribution in [0.4, 0.5) is 0 Å². The van der Waals surface area contributed by atoms with Crippen LogP contribution in [0, 0.1) is 6.92 Å². The van der Waals surface area contributed by atoms with Gasteiger partial charge in [-0.1, -0.05) is 0 Å². The van der Waals surface area contributed by atoms with Crippen molar-refractivity contribution >= 4 is 17.3 Å². The van der Waals surface area contributed by atoms with Crippen LogP contribution < -0.4 is 0 Å². The van der Waals surface area contributed by atoms with Gasteiger partial charge in [-0.3, -0.25) is 0 Å². The molecule has 0 aliphatic heterocycles. The quantitative estimate of drug-likeness (QED) is 0.912. The van der Waals surface area contributed by atoms with Gasteiger partial charge in [0, 0.05) is 10.9 Å². The Labute approximate surface area is 107 Å². The van der Waals surface area contributed by atoms with Crippen molar-refractivity contribution < 1.29 is 9.90 Å². The molecule has 0 radical (unpaired) electrons. The van der Waals surface area contributed by atoms with Crippen molar-refractivity contribution in [3.05, 3.63) is 16.3 Å². The number of carbonyl (C=O) groups is 1. The fraction of sp³-hybridized carbons (Fsp3) is 0.455. The lowest BCUT2D eigenvalue weighted by Gasteiger charge is -2.37. The number of thiophene rings is 1. The minimum Gasteiger partial charge on any atom is -0.479 e. The van der Waals surface area contributed by atoms with Crippen molar-refractivity contribution in [3.63, 3.8) is 0 Å². The van der Waals surface area contributed by atoms with Crippen LogP contribution in [0.25, 0.3) is 11.4 Å². The molecule has 0 aromatic carbocycles. The van der Waals surface area contributed by atoms with E-state index in [0.29, 0.717) is 18.7 Å². The van der Waals surface area contributed by atoms with Gasteiger partial charge in [0.15, 0.2) is 11.4 Å². The van der Waals surface area contributed by atoms with E-state index in [4.69, 9.17) is 0 Å². The molecule has 18 heavy (non-hydrogen) atoms. The van der Waals surface area contributed by atoms with Gasteiger partial charge >= 0.3 is 5.97 Å². The number of nitrogens with zero attached hydrogens (tertiary/aromatic N) is 4. The molecule has 7 heteroatoms. The van der Waals surface area contributed by atoms with Gasteiger partial charge in [-0.15, -0.1) is 5.10 Å². The lowest BCUT2D eigenvalue weighted by Crippen LogP contribution is -2.48. The van der Waals surface area contributed by atoms with Crippen LogP contribution in [0.5, 0.6) is 0 Å². The average Bonchev–Trinajstić information content (AvgIpc) is 2.84. The molecule has 1 saturated carbocycles. The summed E-state index contributed by atoms with van der Waals surface area (Å²) in [7, 11) is 0. The van der Waals surface area contributed by atoms with Crippen LogP contribution in [-0.2, 0) is 10.3 Å². The first-order valence-electron chi connectivity index (χ1n) is 5.70. The highest BCUT2D eigenvalue weighted by Gasteiger charge is 2.49. The molecule has 1 aliphatic rings. The molecule has 2 heterocycles. The molecule has 0 saturated heterocycles. The Morgan fingerprint density at radius 1 is 1.50 bits per heavy atom. The summed E-state index contributed by atoms with van der Waals surface area (Å²) in [5, 5.41) is 24.9. The third-order valence-electron chi connectivity index (χ3n) is 3.55. The van der Waals surface area contributed by atoms with Gasteiger partial charge in [0.1, 0.15) is 0 Å². The smallest absolute Gasteiger partial charge is 0.331 e. The SMILES string of the molecule is Cc1cscc1-c1nnnn1C1(C(=O)O)CCC1. The van der Waals surface area contributed by atoms with E-state index in [1.165, 1.54) is 4.68 Å². The number of hydrogen-bond donors (Lipinski definition) is 1. The predicted octanol–water partition coefficient (Wildman–Crippen LogP) is 1.67. The lowest BCUT2D eigenvalue weighted by molar-refractivity contribution is -0.153. The van der Waals surface area contributed by atoms with Gasteiger partial charge in [-0.25, -0.2) is 9.48 Å². The molecule has 6 nitrogen and oxygen atoms in total. The number of carboxylic acids is 1. The first kappa shape index (κ1) is 11.3. The van der Waals surface area contributed by atoms with Crippen LogP contribution >= 0.6 is 11.3 Å². The predicted molar refractivity (Wildman–Crippen MR) is 65.3 cm³/mol. The molecule has 0 amide bonds. The number of aromatic nitrogens is 4. The first-order chi connectivity index (χ1) is 8.65. The van der Waals surface area contributed by atoms with E-state index in [1.807, 2.05) is 17.7 Å². The normalized spacial score (nSPS) is 17.4. The molecule has 1 N–H and O–H groups in total. The van der Waals surface area contributed by atoms with E-state index in [9.17, 15) is 9.90 Å². The van der Waals surface area contributed by atoms with Gasteiger partial charge in [0.05, 0.1) is 0 Å². The zero-order valence-electron chi connectivity index (χ0n) is 9.83. The Morgan fingerprint density at radius 3 is 2.78 bits per heavy atom. The summed E-state index contributed by atoms with van der Waals surface area (Å²) in [5.74, 6) is -0.300. The number of aryl methyl sites for hydroxylation is 1. The zero-order valence-corrected chi connectivity index (χ0v) is 10.6. The molecule has 0 unspecified atom stereocenters. The van der Waals surface area contributed by atoms with Crippen LogP contribution in [0.2, 0.25) is 0 Å². The molecule has 1 aliphatic carbocycles. The molecule has 0 spiro atoms. The maximum atomic E-state index is 11.5. The summed E-state index contributed by atoms with van der Waals surface area (Å²) >= 11 is 1.56. The highest BCUT2D eigenvalue weighted by Crippen LogP contribution is 2.41. The van der Waals surface area contributed by atoms with E-state index in [1.54, 1.807) is 11.3 Å². The summed E-state index contributed by atoms with van der Waals surface area (Å²) in [6.45, 7) is 1.97. The topological polar surface area (TPSA) is 80.9 Å². The van der Waals surface area contributed by atoms with Crippen molar-refractivity contribution in [2.45, 2.75) is 31.7 Å². The second kappa shape index (κ2) is 3.88. The van der Waals surface area contributed by atoms with E-state index < -0.39 is 11.5 Å². The van der Waals surface area contributed by atoms with Crippen LogP contribution in [-0.4, -0.2) is 31.3 Å². The highest BCUT2D eigenvalue weighted by atomic mass is 32.1. The van der Waals surface area contributed by atoms with Crippen molar-refractivity contribution in [2.24, 2.45) is 0 Å². The summed E-state index contributed by atoms with van der Waals surface area (Å²) in [4.78, 5) is 11.5. The van der Waals surface area contributed by atoms with Crippen molar-refractivity contribution in [1.82, 2.24) is 20.2 Å². The van der Waals surface area contributed by atoms with E-state index >= 15 is 0 Å². The second-order valence-corrected chi connectivity index (χ2v) is 5.32. The molecule has 94 valence electrons. The molecular weight excluding hydrogens is 252 g/mol. The molecular formula is C11H12N4O2S. The molecule has 1 fully saturated rings. The van der Waals surface area contributed by atoms with Gasteiger partial charge < -0.3 is 5.11 Å². The van der Waals surface area contributed by atoms with Gasteiger partial charge in [-0.05, 0) is 47.6 Å². The molecule has 2 aromatic heterocycles. The third kappa shape index (κ3) is 1.40. The Kier molecular flexibility index (Phi) is 2.44. The molecule has 3 rings (SSSR count). The Balaban J connectivity index is 2.13. The minimum absolute atomic E-state index is 0.552. The third-order valence-corrected chi connectivity index (χ3v) is 4.41. The van der Waals surface area contributed by atoms with Crippen LogP contribution in [0.1, 0.15) is 24.8 Å². The van der Waals surface area contributed by atoms with Gasteiger partial charge in [0.25, 0.3) is 0 Å². The number of hydrogen-bond acceptors (Lipinski definition) is 5. The fourth-order valence-corrected chi connectivity index (χ4v) is 3.09. The maximum Gasteiger partial charge on any atom is 0.331 e. The van der Waals surface area contributed by atoms with Crippen molar-refractivity contribution in [1.29, 1.82) is 0 Å². The zero-order chi connectivity index (χ0) is 12.8. The van der Waals surface area contributed by atoms with Crippen LogP contribution in [0.15, 0.2) is 10.8 Å². The van der Waals surface area contributed by atoms with E-state index in [-0.39, 0.29) is 0 Å². The summed E-state index contributed by atoms with van der Waals surface area (Å²) < 4.78 is 1.48. The molecule has 0 atom stereocenters.